The van der Waals surface area contributed by atoms with Crippen LogP contribution in [0.2, 0.25) is 0 Å². The minimum absolute atomic E-state index is 0.180. The Bertz CT molecular complexity index is 1100. The van der Waals surface area contributed by atoms with E-state index in [0.717, 1.165) is 16.7 Å². The topological polar surface area (TPSA) is 72.5 Å². The Morgan fingerprint density at radius 2 is 1.55 bits per heavy atom. The predicted octanol–water partition coefficient (Wildman–Crippen LogP) is 5.03. The Morgan fingerprint density at radius 3 is 2.17 bits per heavy atom. The summed E-state index contributed by atoms with van der Waals surface area (Å²) in [6, 6.07) is 20.8. The van der Waals surface area contributed by atoms with Gasteiger partial charge in [-0.15, -0.1) is 0 Å². The van der Waals surface area contributed by atoms with Gasteiger partial charge in [-0.3, -0.25) is 4.72 Å². The molecule has 6 heteroatoms. The third-order valence-electron chi connectivity index (χ3n) is 4.24. The number of ether oxygens (including phenoxy) is 1. The lowest BCUT2D eigenvalue weighted by atomic mass is 10.0. The lowest BCUT2D eigenvalue weighted by molar-refractivity contribution is 0.0378. The molecule has 5 nitrogen and oxygen atoms in total. The van der Waals surface area contributed by atoms with Crippen LogP contribution in [-0.2, 0) is 14.8 Å². The first-order chi connectivity index (χ1) is 13.7. The van der Waals surface area contributed by atoms with Crippen molar-refractivity contribution >= 4 is 21.7 Å². The molecule has 0 radical (unpaired) electrons. The fraction of sp³-hybridized carbons (Fsp3) is 0.174. The maximum Gasteiger partial charge on any atom is 0.338 e. The molecule has 0 aromatic heterocycles. The second-order valence-electron chi connectivity index (χ2n) is 7.03. The van der Waals surface area contributed by atoms with Crippen molar-refractivity contribution in [3.05, 3.63) is 83.9 Å². The number of nitrogens with one attached hydrogen (secondary N) is 1. The van der Waals surface area contributed by atoms with E-state index in [1.165, 1.54) is 0 Å². The third kappa shape index (κ3) is 5.23. The maximum absolute atomic E-state index is 12.6. The first kappa shape index (κ1) is 20.6. The zero-order valence-electron chi connectivity index (χ0n) is 16.5. The predicted molar refractivity (Wildman–Crippen MR) is 114 cm³/mol. The first-order valence-electron chi connectivity index (χ1n) is 9.25. The molecule has 0 saturated carbocycles. The van der Waals surface area contributed by atoms with Crippen LogP contribution < -0.4 is 4.72 Å². The average Bonchev–Trinajstić information content (AvgIpc) is 2.68. The van der Waals surface area contributed by atoms with Crippen molar-refractivity contribution in [1.82, 2.24) is 0 Å². The molecule has 1 N–H and O–H groups in total. The standard InChI is InChI=1S/C23H23NO4S/c1-16(2)28-23(25)19-11-9-18(10-12-19)20-5-4-6-21(15-20)24-29(26,27)22-13-7-17(3)8-14-22/h4-16,24H,1-3H3. The van der Waals surface area contributed by atoms with Gasteiger partial charge in [0.25, 0.3) is 10.0 Å². The van der Waals surface area contributed by atoms with Gasteiger partial charge in [-0.05, 0) is 68.3 Å². The van der Waals surface area contributed by atoms with Crippen LogP contribution in [0.4, 0.5) is 5.69 Å². The lowest BCUT2D eigenvalue weighted by Gasteiger charge is -2.11. The van der Waals surface area contributed by atoms with E-state index >= 15 is 0 Å². The van der Waals surface area contributed by atoms with Crippen molar-refractivity contribution in [1.29, 1.82) is 0 Å². The highest BCUT2D eigenvalue weighted by molar-refractivity contribution is 7.92. The second kappa shape index (κ2) is 8.49. The Labute approximate surface area is 171 Å². The largest absolute Gasteiger partial charge is 0.459 e. The molecule has 0 bridgehead atoms. The van der Waals surface area contributed by atoms with Crippen molar-refractivity contribution < 1.29 is 17.9 Å². The molecule has 3 aromatic rings. The number of aryl methyl sites for hydroxylation is 1. The Kier molecular flexibility index (Phi) is 6.03. The van der Waals surface area contributed by atoms with Crippen LogP contribution >= 0.6 is 0 Å². The highest BCUT2D eigenvalue weighted by atomic mass is 32.2. The minimum atomic E-state index is -3.67. The van der Waals surface area contributed by atoms with Crippen LogP contribution in [0, 0.1) is 6.92 Å². The summed E-state index contributed by atoms with van der Waals surface area (Å²) in [7, 11) is -3.67. The molecule has 0 heterocycles. The molecule has 0 spiro atoms. The lowest BCUT2D eigenvalue weighted by Crippen LogP contribution is -2.12. The normalized spacial score (nSPS) is 11.3. The van der Waals surface area contributed by atoms with E-state index in [0.29, 0.717) is 11.3 Å². The summed E-state index contributed by atoms with van der Waals surface area (Å²) < 4.78 is 33.0. The van der Waals surface area contributed by atoms with Gasteiger partial charge in [0.1, 0.15) is 0 Å². The first-order valence-corrected chi connectivity index (χ1v) is 10.7. The number of rotatable bonds is 6. The van der Waals surface area contributed by atoms with Crippen molar-refractivity contribution in [3.8, 4) is 11.1 Å². The fourth-order valence-corrected chi connectivity index (χ4v) is 3.82. The van der Waals surface area contributed by atoms with Gasteiger partial charge in [-0.25, -0.2) is 13.2 Å². The summed E-state index contributed by atoms with van der Waals surface area (Å²) in [4.78, 5) is 12.2. The SMILES string of the molecule is Cc1ccc(S(=O)(=O)Nc2cccc(-c3ccc(C(=O)OC(C)C)cc3)c2)cc1. The molecule has 29 heavy (non-hydrogen) atoms. The number of sulfonamides is 1. The molecule has 0 saturated heterocycles. The van der Waals surface area contributed by atoms with Crippen molar-refractivity contribution in [3.63, 3.8) is 0 Å². The highest BCUT2D eigenvalue weighted by Gasteiger charge is 2.14. The van der Waals surface area contributed by atoms with Crippen LogP contribution in [0.15, 0.2) is 77.7 Å². The quantitative estimate of drug-likeness (QED) is 0.580. The van der Waals surface area contributed by atoms with E-state index in [4.69, 9.17) is 4.74 Å². The fourth-order valence-electron chi connectivity index (χ4n) is 2.77. The molecule has 0 unspecified atom stereocenters. The zero-order chi connectivity index (χ0) is 21.0. The van der Waals surface area contributed by atoms with E-state index in [1.807, 2.05) is 25.1 Å². The Morgan fingerprint density at radius 1 is 0.897 bits per heavy atom. The smallest absolute Gasteiger partial charge is 0.338 e. The van der Waals surface area contributed by atoms with Crippen molar-refractivity contribution in [2.24, 2.45) is 0 Å². The second-order valence-corrected chi connectivity index (χ2v) is 8.71. The summed E-state index contributed by atoms with van der Waals surface area (Å²) in [6.07, 6.45) is -0.180. The Hall–Kier alpha value is -3.12. The van der Waals surface area contributed by atoms with Gasteiger partial charge >= 0.3 is 5.97 Å². The maximum atomic E-state index is 12.6. The summed E-state index contributed by atoms with van der Waals surface area (Å²) in [5.41, 5.74) is 3.62. The van der Waals surface area contributed by atoms with Gasteiger partial charge < -0.3 is 4.74 Å². The highest BCUT2D eigenvalue weighted by Crippen LogP contribution is 2.25. The number of esters is 1. The van der Waals surface area contributed by atoms with Crippen LogP contribution in [0.3, 0.4) is 0 Å². The molecule has 3 aromatic carbocycles. The van der Waals surface area contributed by atoms with E-state index in [-0.39, 0.29) is 17.0 Å². The summed E-state index contributed by atoms with van der Waals surface area (Å²) in [6.45, 7) is 5.51. The van der Waals surface area contributed by atoms with E-state index in [2.05, 4.69) is 4.72 Å². The molecular weight excluding hydrogens is 386 g/mol. The average molecular weight is 410 g/mol. The van der Waals surface area contributed by atoms with Gasteiger partial charge in [0, 0.05) is 5.69 Å². The monoisotopic (exact) mass is 409 g/mol. The van der Waals surface area contributed by atoms with E-state index in [9.17, 15) is 13.2 Å². The molecule has 0 amide bonds. The van der Waals surface area contributed by atoms with Crippen LogP contribution in [0.25, 0.3) is 11.1 Å². The summed E-state index contributed by atoms with van der Waals surface area (Å²) in [5, 5.41) is 0. The molecular formula is C23H23NO4S. The Balaban J connectivity index is 1.81. The van der Waals surface area contributed by atoms with Crippen molar-refractivity contribution in [2.75, 3.05) is 4.72 Å². The molecule has 0 atom stereocenters. The van der Waals surface area contributed by atoms with Gasteiger partial charge in [0.05, 0.1) is 16.6 Å². The zero-order valence-corrected chi connectivity index (χ0v) is 17.4. The minimum Gasteiger partial charge on any atom is -0.459 e. The number of benzene rings is 3. The molecule has 0 aliphatic heterocycles. The molecule has 0 fully saturated rings. The number of carbonyl (C=O) groups excluding carboxylic acids is 1. The van der Waals surface area contributed by atoms with Crippen LogP contribution in [-0.4, -0.2) is 20.5 Å². The molecule has 0 aliphatic rings. The summed E-state index contributed by atoms with van der Waals surface area (Å²) >= 11 is 0. The van der Waals surface area contributed by atoms with Crippen LogP contribution in [0.5, 0.6) is 0 Å². The van der Waals surface area contributed by atoms with Gasteiger partial charge in [0.15, 0.2) is 0 Å². The molecule has 0 aliphatic carbocycles. The summed E-state index contributed by atoms with van der Waals surface area (Å²) in [5.74, 6) is -0.369. The number of hydrogen-bond acceptors (Lipinski definition) is 4. The number of hydrogen-bond donors (Lipinski definition) is 1. The third-order valence-corrected chi connectivity index (χ3v) is 5.64. The van der Waals surface area contributed by atoms with Gasteiger partial charge in [-0.1, -0.05) is 42.0 Å². The van der Waals surface area contributed by atoms with E-state index < -0.39 is 10.0 Å². The van der Waals surface area contributed by atoms with Crippen molar-refractivity contribution in [2.45, 2.75) is 31.8 Å². The molecule has 3 rings (SSSR count). The van der Waals surface area contributed by atoms with Gasteiger partial charge in [-0.2, -0.15) is 0 Å². The van der Waals surface area contributed by atoms with Crippen LogP contribution in [0.1, 0.15) is 29.8 Å². The van der Waals surface area contributed by atoms with Gasteiger partial charge in [0.2, 0.25) is 0 Å². The molecule has 150 valence electrons. The number of anilines is 1. The number of carbonyl (C=O) groups is 1. The van der Waals surface area contributed by atoms with E-state index in [1.54, 1.807) is 68.4 Å².